The van der Waals surface area contributed by atoms with Gasteiger partial charge in [-0.1, -0.05) is 19.9 Å². The maximum Gasteiger partial charge on any atom is 0.270 e. The van der Waals surface area contributed by atoms with E-state index in [9.17, 15) is 9.59 Å². The number of carbonyl (C=O) groups excluding carboxylic acids is 2. The Hall–Kier alpha value is -3.09. The Morgan fingerprint density at radius 3 is 2.68 bits per heavy atom. The summed E-state index contributed by atoms with van der Waals surface area (Å²) in [6.07, 6.45) is 8.39. The molecule has 1 aliphatic carbocycles. The van der Waals surface area contributed by atoms with Crippen LogP contribution in [-0.2, 0) is 11.3 Å². The molecular weight excluding hydrogens is 426 g/mol. The molecular formula is C27H37N5O2. The number of hydrogen-bond donors (Lipinski definition) is 1. The highest BCUT2D eigenvalue weighted by molar-refractivity contribution is 5.99. The van der Waals surface area contributed by atoms with Gasteiger partial charge in [-0.2, -0.15) is 5.10 Å². The Kier molecular flexibility index (Phi) is 7.39. The summed E-state index contributed by atoms with van der Waals surface area (Å²) in [5.41, 5.74) is 4.09. The number of benzene rings is 1. The standard InChI is InChI=1S/C25H31N5O2.C2H6/c1-17-13-19(14-22-21(17)15-23(27-22)25(32)28(2)20-6-7-20)18-5-3-10-29(16-18)24(31)8-12-30-11-4-9-26-30;1-2/h4,9,11,13-15,18,20,27H,3,5-8,10,12,16H2,1-2H3;1-2H3. The van der Waals surface area contributed by atoms with Crippen LogP contribution < -0.4 is 0 Å². The predicted octanol–water partition coefficient (Wildman–Crippen LogP) is 4.73. The van der Waals surface area contributed by atoms with Crippen LogP contribution in [0.1, 0.15) is 73.5 Å². The van der Waals surface area contributed by atoms with Crippen molar-refractivity contribution in [3.63, 3.8) is 0 Å². The number of hydrogen-bond acceptors (Lipinski definition) is 3. The summed E-state index contributed by atoms with van der Waals surface area (Å²) in [7, 11) is 1.89. The number of aryl methyl sites for hydroxylation is 2. The van der Waals surface area contributed by atoms with Crippen LogP contribution in [0.2, 0.25) is 0 Å². The van der Waals surface area contributed by atoms with Gasteiger partial charge in [-0.15, -0.1) is 0 Å². The fourth-order valence-electron chi connectivity index (χ4n) is 4.89. The van der Waals surface area contributed by atoms with E-state index in [2.05, 4.69) is 29.1 Å². The molecule has 1 N–H and O–H groups in total. The summed E-state index contributed by atoms with van der Waals surface area (Å²) in [5.74, 6) is 0.576. The largest absolute Gasteiger partial charge is 0.351 e. The van der Waals surface area contributed by atoms with Crippen molar-refractivity contribution in [2.45, 2.75) is 71.4 Å². The van der Waals surface area contributed by atoms with E-state index < -0.39 is 0 Å². The average Bonchev–Trinajstić information content (AvgIpc) is 3.40. The highest BCUT2D eigenvalue weighted by Crippen LogP contribution is 2.32. The van der Waals surface area contributed by atoms with Crippen LogP contribution in [0.5, 0.6) is 0 Å². The van der Waals surface area contributed by atoms with E-state index in [0.29, 0.717) is 30.6 Å². The Bertz CT molecular complexity index is 1130. The van der Waals surface area contributed by atoms with Gasteiger partial charge in [0, 0.05) is 68.4 Å². The van der Waals surface area contributed by atoms with Crippen LogP contribution in [0, 0.1) is 6.92 Å². The maximum absolute atomic E-state index is 12.8. The molecule has 1 aromatic carbocycles. The Labute approximate surface area is 202 Å². The number of aromatic amines is 1. The molecule has 7 heteroatoms. The number of carbonyl (C=O) groups is 2. The molecule has 1 unspecified atom stereocenters. The minimum Gasteiger partial charge on any atom is -0.351 e. The first-order valence-corrected chi connectivity index (χ1v) is 12.6. The third kappa shape index (κ3) is 5.18. The van der Waals surface area contributed by atoms with Crippen molar-refractivity contribution in [2.75, 3.05) is 20.1 Å². The first-order valence-electron chi connectivity index (χ1n) is 12.6. The highest BCUT2D eigenvalue weighted by atomic mass is 16.2. The van der Waals surface area contributed by atoms with Crippen LogP contribution in [0.25, 0.3) is 10.9 Å². The van der Waals surface area contributed by atoms with Crippen molar-refractivity contribution in [3.8, 4) is 0 Å². The van der Waals surface area contributed by atoms with E-state index in [4.69, 9.17) is 0 Å². The molecule has 0 spiro atoms. The van der Waals surface area contributed by atoms with Gasteiger partial charge < -0.3 is 14.8 Å². The van der Waals surface area contributed by atoms with Gasteiger partial charge in [0.2, 0.25) is 5.91 Å². The maximum atomic E-state index is 12.8. The van der Waals surface area contributed by atoms with E-state index in [1.54, 1.807) is 10.9 Å². The van der Waals surface area contributed by atoms with Crippen molar-refractivity contribution in [3.05, 3.63) is 53.5 Å². The zero-order valence-corrected chi connectivity index (χ0v) is 20.9. The normalized spacial score (nSPS) is 17.9. The summed E-state index contributed by atoms with van der Waals surface area (Å²) in [4.78, 5) is 32.8. The minimum absolute atomic E-state index is 0.0660. The number of amides is 2. The molecule has 3 aromatic rings. The molecule has 2 fully saturated rings. The van der Waals surface area contributed by atoms with Crippen molar-refractivity contribution in [1.82, 2.24) is 24.6 Å². The summed E-state index contributed by atoms with van der Waals surface area (Å²) < 4.78 is 1.81. The van der Waals surface area contributed by atoms with Gasteiger partial charge in [-0.25, -0.2) is 0 Å². The molecule has 1 saturated heterocycles. The zero-order chi connectivity index (χ0) is 24.2. The molecule has 2 aromatic heterocycles. The summed E-state index contributed by atoms with van der Waals surface area (Å²) in [6, 6.07) is 8.67. The van der Waals surface area contributed by atoms with Crippen LogP contribution in [0.4, 0.5) is 0 Å². The van der Waals surface area contributed by atoms with Gasteiger partial charge >= 0.3 is 0 Å². The Morgan fingerprint density at radius 2 is 1.97 bits per heavy atom. The second kappa shape index (κ2) is 10.5. The predicted molar refractivity (Wildman–Crippen MR) is 135 cm³/mol. The fourth-order valence-corrected chi connectivity index (χ4v) is 4.89. The molecule has 0 bridgehead atoms. The second-order valence-corrected chi connectivity index (χ2v) is 9.33. The number of piperidine rings is 1. The highest BCUT2D eigenvalue weighted by Gasteiger charge is 2.31. The van der Waals surface area contributed by atoms with Gasteiger partial charge in [-0.05, 0) is 61.9 Å². The molecule has 182 valence electrons. The number of fused-ring (bicyclic) bond motifs is 1. The molecule has 34 heavy (non-hydrogen) atoms. The van der Waals surface area contributed by atoms with Crippen molar-refractivity contribution in [1.29, 1.82) is 0 Å². The molecule has 1 atom stereocenters. The first-order chi connectivity index (χ1) is 16.5. The number of H-pyrrole nitrogens is 1. The molecule has 2 amide bonds. The van der Waals surface area contributed by atoms with Gasteiger partial charge in [0.05, 0.1) is 0 Å². The average molecular weight is 464 g/mol. The molecule has 1 saturated carbocycles. The Balaban J connectivity index is 0.00000133. The number of rotatable bonds is 6. The lowest BCUT2D eigenvalue weighted by Gasteiger charge is -2.33. The van der Waals surface area contributed by atoms with E-state index in [0.717, 1.165) is 49.7 Å². The second-order valence-electron chi connectivity index (χ2n) is 9.33. The fraction of sp³-hybridized carbons (Fsp3) is 0.519. The molecule has 7 nitrogen and oxygen atoms in total. The van der Waals surface area contributed by atoms with Crippen LogP contribution in [-0.4, -0.2) is 62.6 Å². The summed E-state index contributed by atoms with van der Waals surface area (Å²) in [5, 5.41) is 5.29. The number of likely N-dealkylation sites (tertiary alicyclic amines) is 1. The minimum atomic E-state index is 0.0660. The molecule has 1 aliphatic heterocycles. The van der Waals surface area contributed by atoms with Crippen molar-refractivity contribution >= 4 is 22.7 Å². The lowest BCUT2D eigenvalue weighted by molar-refractivity contribution is -0.132. The van der Waals surface area contributed by atoms with Gasteiger partial charge in [0.15, 0.2) is 0 Å². The van der Waals surface area contributed by atoms with Crippen molar-refractivity contribution < 1.29 is 9.59 Å². The summed E-state index contributed by atoms with van der Waals surface area (Å²) >= 11 is 0. The lowest BCUT2D eigenvalue weighted by atomic mass is 9.89. The summed E-state index contributed by atoms with van der Waals surface area (Å²) in [6.45, 7) is 8.30. The number of nitrogens with one attached hydrogen (secondary N) is 1. The van der Waals surface area contributed by atoms with Gasteiger partial charge in [-0.3, -0.25) is 14.3 Å². The lowest BCUT2D eigenvalue weighted by Crippen LogP contribution is -2.39. The van der Waals surface area contributed by atoms with E-state index in [-0.39, 0.29) is 11.8 Å². The molecule has 2 aliphatic rings. The third-order valence-corrected chi connectivity index (χ3v) is 6.97. The molecule has 3 heterocycles. The topological polar surface area (TPSA) is 74.2 Å². The van der Waals surface area contributed by atoms with E-state index >= 15 is 0 Å². The van der Waals surface area contributed by atoms with E-state index in [1.807, 2.05) is 49.0 Å². The number of aromatic nitrogens is 3. The Morgan fingerprint density at radius 1 is 1.18 bits per heavy atom. The monoisotopic (exact) mass is 463 g/mol. The molecule has 5 rings (SSSR count). The third-order valence-electron chi connectivity index (χ3n) is 6.97. The van der Waals surface area contributed by atoms with Gasteiger partial charge in [0.25, 0.3) is 5.91 Å². The van der Waals surface area contributed by atoms with E-state index in [1.165, 1.54) is 11.1 Å². The van der Waals surface area contributed by atoms with Gasteiger partial charge in [0.1, 0.15) is 5.69 Å². The zero-order valence-electron chi connectivity index (χ0n) is 20.9. The quantitative estimate of drug-likeness (QED) is 0.574. The SMILES string of the molecule is CC.Cc1cc(C2CCCN(C(=O)CCn3cccn3)C2)cc2[nH]c(C(=O)N(C)C3CC3)cc12. The van der Waals surface area contributed by atoms with Crippen LogP contribution in [0.15, 0.2) is 36.7 Å². The molecule has 0 radical (unpaired) electrons. The number of nitrogens with zero attached hydrogens (tertiary/aromatic N) is 4. The van der Waals surface area contributed by atoms with Crippen LogP contribution >= 0.6 is 0 Å². The first kappa shape index (κ1) is 24.0. The smallest absolute Gasteiger partial charge is 0.270 e. The van der Waals surface area contributed by atoms with Crippen molar-refractivity contribution in [2.24, 2.45) is 0 Å². The van der Waals surface area contributed by atoms with Crippen LogP contribution in [0.3, 0.4) is 0 Å².